The van der Waals surface area contributed by atoms with Crippen LogP contribution in [0.5, 0.6) is 0 Å². The highest BCUT2D eigenvalue weighted by atomic mass is 32.2. The van der Waals surface area contributed by atoms with Gasteiger partial charge in [-0.1, -0.05) is 48.5 Å². The van der Waals surface area contributed by atoms with Crippen LogP contribution >= 0.6 is 11.8 Å². The number of carbonyl (C=O) groups is 2. The summed E-state index contributed by atoms with van der Waals surface area (Å²) >= 11 is 1.61. The normalized spacial score (nSPS) is 11.7. The number of anilines is 1. The highest BCUT2D eigenvalue weighted by Gasteiger charge is 2.16. The summed E-state index contributed by atoms with van der Waals surface area (Å²) in [6, 6.07) is 17.8. The van der Waals surface area contributed by atoms with E-state index < -0.39 is 0 Å². The maximum atomic E-state index is 12.6. The minimum Gasteiger partial charge on any atom is -0.339 e. The predicted octanol–water partition coefficient (Wildman–Crippen LogP) is 4.32. The van der Waals surface area contributed by atoms with Crippen molar-refractivity contribution < 1.29 is 9.59 Å². The Hall–Kier alpha value is -2.27. The quantitative estimate of drug-likeness (QED) is 0.753. The van der Waals surface area contributed by atoms with E-state index in [0.717, 1.165) is 17.0 Å². The van der Waals surface area contributed by atoms with Gasteiger partial charge in [0.25, 0.3) is 0 Å². The number of hydrogen-bond donors (Lipinski definition) is 1. The molecule has 0 aliphatic rings. The highest BCUT2D eigenvalue weighted by Crippen LogP contribution is 2.22. The second-order valence-corrected chi connectivity index (χ2v) is 7.45. The van der Waals surface area contributed by atoms with Gasteiger partial charge in [-0.3, -0.25) is 9.59 Å². The van der Waals surface area contributed by atoms with Crippen molar-refractivity contribution in [3.63, 3.8) is 0 Å². The van der Waals surface area contributed by atoms with Gasteiger partial charge in [-0.2, -0.15) is 0 Å². The summed E-state index contributed by atoms with van der Waals surface area (Å²) in [5, 5.41) is 2.85. The monoisotopic (exact) mass is 370 g/mol. The van der Waals surface area contributed by atoms with Gasteiger partial charge in [-0.05, 0) is 31.0 Å². The van der Waals surface area contributed by atoms with Crippen molar-refractivity contribution in [2.45, 2.75) is 38.3 Å². The van der Waals surface area contributed by atoms with Crippen molar-refractivity contribution in [3.8, 4) is 0 Å². The van der Waals surface area contributed by atoms with E-state index in [4.69, 9.17) is 0 Å². The largest absolute Gasteiger partial charge is 0.339 e. The number of hydrogen-bond acceptors (Lipinski definition) is 3. The minimum atomic E-state index is -0.168. The van der Waals surface area contributed by atoms with Gasteiger partial charge in [0.2, 0.25) is 11.8 Å². The lowest BCUT2D eigenvalue weighted by Crippen LogP contribution is -2.29. The van der Waals surface area contributed by atoms with Gasteiger partial charge in [-0.15, -0.1) is 11.8 Å². The third-order valence-corrected chi connectivity index (χ3v) is 5.39. The summed E-state index contributed by atoms with van der Waals surface area (Å²) in [5.74, 6) is 0.801. The lowest BCUT2D eigenvalue weighted by Gasteiger charge is -2.21. The molecule has 0 saturated heterocycles. The van der Waals surface area contributed by atoms with Gasteiger partial charge in [0.15, 0.2) is 0 Å². The zero-order valence-corrected chi connectivity index (χ0v) is 16.4. The lowest BCUT2D eigenvalue weighted by atomic mass is 10.1. The molecule has 4 nitrogen and oxygen atoms in total. The van der Waals surface area contributed by atoms with Crippen LogP contribution in [0.1, 0.15) is 31.9 Å². The molecule has 0 spiro atoms. The Morgan fingerprint density at radius 3 is 2.38 bits per heavy atom. The van der Waals surface area contributed by atoms with Gasteiger partial charge >= 0.3 is 0 Å². The fourth-order valence-corrected chi connectivity index (χ4v) is 3.38. The molecule has 0 aliphatic carbocycles. The number of benzene rings is 2. The molecule has 0 saturated carbocycles. The summed E-state index contributed by atoms with van der Waals surface area (Å²) < 4.78 is 0. The molecule has 1 atom stereocenters. The van der Waals surface area contributed by atoms with E-state index in [9.17, 15) is 9.59 Å². The third kappa shape index (κ3) is 5.92. The molecule has 2 aromatic carbocycles. The molecule has 0 aliphatic heterocycles. The van der Waals surface area contributed by atoms with Crippen LogP contribution in [0.2, 0.25) is 0 Å². The Labute approximate surface area is 160 Å². The molecule has 1 N–H and O–H groups in total. The molecule has 0 heterocycles. The predicted molar refractivity (Wildman–Crippen MR) is 109 cm³/mol. The van der Waals surface area contributed by atoms with Crippen molar-refractivity contribution >= 4 is 29.3 Å². The lowest BCUT2D eigenvalue weighted by molar-refractivity contribution is -0.129. The van der Waals surface area contributed by atoms with Crippen LogP contribution in [0.15, 0.2) is 54.6 Å². The maximum Gasteiger partial charge on any atom is 0.237 e. The van der Waals surface area contributed by atoms with Gasteiger partial charge < -0.3 is 10.2 Å². The Bertz CT molecular complexity index is 734. The topological polar surface area (TPSA) is 49.4 Å². The van der Waals surface area contributed by atoms with Crippen LogP contribution < -0.4 is 5.32 Å². The Morgan fingerprint density at radius 1 is 1.08 bits per heavy atom. The Balaban J connectivity index is 1.98. The van der Waals surface area contributed by atoms with Crippen LogP contribution in [0.4, 0.5) is 5.69 Å². The first-order valence-corrected chi connectivity index (χ1v) is 9.86. The van der Waals surface area contributed by atoms with Crippen LogP contribution in [0, 0.1) is 0 Å². The van der Waals surface area contributed by atoms with E-state index in [1.54, 1.807) is 23.6 Å². The fraction of sp³-hybridized carbons (Fsp3) is 0.333. The van der Waals surface area contributed by atoms with E-state index in [0.29, 0.717) is 13.1 Å². The van der Waals surface area contributed by atoms with Crippen molar-refractivity contribution in [2.75, 3.05) is 11.9 Å². The highest BCUT2D eigenvalue weighted by molar-refractivity contribution is 7.99. The fourth-order valence-electron chi connectivity index (χ4n) is 2.54. The van der Waals surface area contributed by atoms with Gasteiger partial charge in [-0.25, -0.2) is 0 Å². The average molecular weight is 371 g/mol. The molecule has 2 rings (SSSR count). The number of nitrogens with zero attached hydrogens (tertiary/aromatic N) is 1. The second-order valence-electron chi connectivity index (χ2n) is 6.12. The SMILES string of the molecule is CCN(Cc1ccccc1NC(=O)C(C)SCc1ccccc1)C(C)=O. The van der Waals surface area contributed by atoms with E-state index in [1.165, 1.54) is 5.56 Å². The number of amides is 2. The molecular weight excluding hydrogens is 344 g/mol. The number of nitrogens with one attached hydrogen (secondary N) is 1. The minimum absolute atomic E-state index is 0.0238. The molecule has 1 unspecified atom stereocenters. The van der Waals surface area contributed by atoms with Crippen molar-refractivity contribution in [1.82, 2.24) is 4.90 Å². The second kappa shape index (κ2) is 10.0. The van der Waals surface area contributed by atoms with Gasteiger partial charge in [0.05, 0.1) is 5.25 Å². The van der Waals surface area contributed by atoms with E-state index >= 15 is 0 Å². The zero-order chi connectivity index (χ0) is 18.9. The number of para-hydroxylation sites is 1. The average Bonchev–Trinajstić information content (AvgIpc) is 2.65. The van der Waals surface area contributed by atoms with Crippen LogP contribution in [0.3, 0.4) is 0 Å². The number of rotatable bonds is 8. The third-order valence-electron chi connectivity index (χ3n) is 4.18. The molecule has 0 bridgehead atoms. The van der Waals surface area contributed by atoms with Crippen molar-refractivity contribution in [3.05, 3.63) is 65.7 Å². The molecule has 138 valence electrons. The first kappa shape index (κ1) is 20.0. The maximum absolute atomic E-state index is 12.6. The standard InChI is InChI=1S/C21H26N2O2S/c1-4-23(17(3)24)14-19-12-8-9-13-20(19)22-21(25)16(2)26-15-18-10-6-5-7-11-18/h5-13,16H,4,14-15H2,1-3H3,(H,22,25). The summed E-state index contributed by atoms with van der Waals surface area (Å²) in [7, 11) is 0. The first-order chi connectivity index (χ1) is 12.5. The van der Waals surface area contributed by atoms with Crippen LogP contribution in [0.25, 0.3) is 0 Å². The first-order valence-electron chi connectivity index (χ1n) is 8.81. The van der Waals surface area contributed by atoms with Crippen LogP contribution in [-0.2, 0) is 21.9 Å². The van der Waals surface area contributed by atoms with Gasteiger partial charge in [0.1, 0.15) is 0 Å². The number of carbonyl (C=O) groups excluding carboxylic acids is 2. The van der Waals surface area contributed by atoms with E-state index in [1.807, 2.05) is 56.3 Å². The molecule has 0 aromatic heterocycles. The molecule has 2 amide bonds. The Morgan fingerprint density at radius 2 is 1.73 bits per heavy atom. The van der Waals surface area contributed by atoms with Crippen molar-refractivity contribution in [1.29, 1.82) is 0 Å². The molecule has 2 aromatic rings. The Kier molecular flexibility index (Phi) is 7.73. The summed E-state index contributed by atoms with van der Waals surface area (Å²) in [4.78, 5) is 26.0. The molecule has 0 fully saturated rings. The zero-order valence-electron chi connectivity index (χ0n) is 15.6. The van der Waals surface area contributed by atoms with E-state index in [2.05, 4.69) is 17.4 Å². The van der Waals surface area contributed by atoms with Crippen molar-refractivity contribution in [2.24, 2.45) is 0 Å². The smallest absolute Gasteiger partial charge is 0.237 e. The van der Waals surface area contributed by atoms with E-state index in [-0.39, 0.29) is 17.1 Å². The molecular formula is C21H26N2O2S. The summed E-state index contributed by atoms with van der Waals surface area (Å²) in [5.41, 5.74) is 2.92. The number of thioether (sulfide) groups is 1. The van der Waals surface area contributed by atoms with Crippen LogP contribution in [-0.4, -0.2) is 28.5 Å². The molecule has 0 radical (unpaired) electrons. The summed E-state index contributed by atoms with van der Waals surface area (Å²) in [6.07, 6.45) is 0. The molecule has 26 heavy (non-hydrogen) atoms. The summed E-state index contributed by atoms with van der Waals surface area (Å²) in [6.45, 7) is 6.56. The van der Waals surface area contributed by atoms with Gasteiger partial charge in [0, 0.05) is 31.5 Å². The molecule has 5 heteroatoms.